The number of nitrogens with one attached hydrogen (secondary N) is 1. The molecule has 0 saturated carbocycles. The molecule has 1 fully saturated rings. The van der Waals surface area contributed by atoms with E-state index in [0.717, 1.165) is 28.3 Å². The fourth-order valence-electron chi connectivity index (χ4n) is 4.28. The number of nitrogens with zero attached hydrogens (tertiary/aromatic N) is 2. The van der Waals surface area contributed by atoms with Crippen molar-refractivity contribution < 1.29 is 13.9 Å². The highest BCUT2D eigenvalue weighted by molar-refractivity contribution is 7.80. The number of pyridine rings is 1. The quantitative estimate of drug-likeness (QED) is 0.301. The number of methoxy groups -OCH3 is 1. The maximum atomic E-state index is 12.0. The van der Waals surface area contributed by atoms with Gasteiger partial charge in [-0.05, 0) is 73.2 Å². The molecule has 0 amide bonds. The number of thiocarbonyl (C=S) groups is 1. The van der Waals surface area contributed by atoms with Gasteiger partial charge < -0.3 is 19.4 Å². The van der Waals surface area contributed by atoms with Gasteiger partial charge in [0, 0.05) is 17.4 Å². The lowest BCUT2D eigenvalue weighted by atomic mass is 10.0. The molecule has 0 aliphatic carbocycles. The van der Waals surface area contributed by atoms with E-state index in [1.54, 1.807) is 18.3 Å². The van der Waals surface area contributed by atoms with Crippen LogP contribution in [0.25, 0.3) is 11.3 Å². The second-order valence-corrected chi connectivity index (χ2v) is 8.50. The Morgan fingerprint density at radius 2 is 1.91 bits per heavy atom. The van der Waals surface area contributed by atoms with Gasteiger partial charge in [-0.25, -0.2) is 4.79 Å². The van der Waals surface area contributed by atoms with Gasteiger partial charge in [-0.2, -0.15) is 0 Å². The first-order chi connectivity index (χ1) is 16.5. The number of rotatable bonds is 5. The summed E-state index contributed by atoms with van der Waals surface area (Å²) in [6, 6.07) is 24.7. The summed E-state index contributed by atoms with van der Waals surface area (Å²) in [6.45, 7) is 2.06. The van der Waals surface area contributed by atoms with Gasteiger partial charge >= 0.3 is 5.97 Å². The third kappa shape index (κ3) is 4.06. The minimum Gasteiger partial charge on any atom is -0.465 e. The molecule has 1 N–H and O–H groups in total. The van der Waals surface area contributed by atoms with Crippen molar-refractivity contribution in [2.24, 2.45) is 0 Å². The van der Waals surface area contributed by atoms with Gasteiger partial charge in [-0.3, -0.25) is 4.98 Å². The second-order valence-electron chi connectivity index (χ2n) is 8.11. The predicted molar refractivity (Wildman–Crippen MR) is 135 cm³/mol. The molecule has 3 heterocycles. The topological polar surface area (TPSA) is 67.6 Å². The van der Waals surface area contributed by atoms with Crippen LogP contribution in [0.5, 0.6) is 0 Å². The number of anilines is 1. The van der Waals surface area contributed by atoms with Gasteiger partial charge in [-0.1, -0.05) is 30.3 Å². The average molecular weight is 470 g/mol. The lowest BCUT2D eigenvalue weighted by Gasteiger charge is -2.26. The molecule has 170 valence electrons. The zero-order chi connectivity index (χ0) is 23.7. The van der Waals surface area contributed by atoms with Gasteiger partial charge in [0.1, 0.15) is 17.6 Å². The number of carbonyl (C=O) groups is 1. The van der Waals surface area contributed by atoms with E-state index in [1.165, 1.54) is 7.11 Å². The summed E-state index contributed by atoms with van der Waals surface area (Å²) in [7, 11) is 1.37. The van der Waals surface area contributed by atoms with E-state index in [2.05, 4.69) is 34.3 Å². The molecule has 7 heteroatoms. The minimum atomic E-state index is -0.389. The maximum Gasteiger partial charge on any atom is 0.337 e. The summed E-state index contributed by atoms with van der Waals surface area (Å²) in [5.74, 6) is 1.00. The monoisotopic (exact) mass is 469 g/mol. The SMILES string of the molecule is COC(=O)c1cccc(-c2ccc([C@H]3[C@@H](c4ccccn4)NC(=S)N3c3cccc(C)c3)o2)c1. The van der Waals surface area contributed by atoms with E-state index in [9.17, 15) is 4.79 Å². The van der Waals surface area contributed by atoms with Crippen LogP contribution in [0, 0.1) is 6.92 Å². The predicted octanol–water partition coefficient (Wildman–Crippen LogP) is 5.61. The molecule has 2 aromatic carbocycles. The van der Waals surface area contributed by atoms with Gasteiger partial charge in [0.2, 0.25) is 0 Å². The van der Waals surface area contributed by atoms with Gasteiger partial charge in [0.15, 0.2) is 5.11 Å². The molecule has 4 aromatic rings. The maximum absolute atomic E-state index is 12.0. The summed E-state index contributed by atoms with van der Waals surface area (Å²) in [6.07, 6.45) is 1.78. The molecule has 0 unspecified atom stereocenters. The van der Waals surface area contributed by atoms with Crippen LogP contribution in [0.15, 0.2) is 89.5 Å². The first-order valence-corrected chi connectivity index (χ1v) is 11.3. The Kier molecular flexibility index (Phi) is 5.86. The molecule has 0 spiro atoms. The summed E-state index contributed by atoms with van der Waals surface area (Å²) in [4.78, 5) is 18.6. The van der Waals surface area contributed by atoms with E-state index in [0.29, 0.717) is 16.4 Å². The molecule has 0 bridgehead atoms. The van der Waals surface area contributed by atoms with E-state index in [1.807, 2.05) is 54.6 Å². The highest BCUT2D eigenvalue weighted by atomic mass is 32.1. The fourth-order valence-corrected chi connectivity index (χ4v) is 4.63. The van der Waals surface area contributed by atoms with Crippen molar-refractivity contribution >= 4 is 29.0 Å². The normalized spacial score (nSPS) is 17.5. The van der Waals surface area contributed by atoms with Gasteiger partial charge in [0.05, 0.1) is 24.4 Å². The Morgan fingerprint density at radius 1 is 1.06 bits per heavy atom. The van der Waals surface area contributed by atoms with Crippen molar-refractivity contribution in [2.75, 3.05) is 12.0 Å². The van der Waals surface area contributed by atoms with Crippen LogP contribution in [-0.4, -0.2) is 23.2 Å². The molecule has 2 aromatic heterocycles. The fraction of sp³-hybridized carbons (Fsp3) is 0.148. The molecule has 1 aliphatic heterocycles. The van der Waals surface area contributed by atoms with Crippen molar-refractivity contribution in [1.29, 1.82) is 0 Å². The number of carbonyl (C=O) groups excluding carboxylic acids is 1. The number of aromatic nitrogens is 1. The molecule has 5 rings (SSSR count). The summed E-state index contributed by atoms with van der Waals surface area (Å²) in [5.41, 5.74) is 4.25. The number of furan rings is 1. The number of aryl methyl sites for hydroxylation is 1. The minimum absolute atomic E-state index is 0.199. The Labute approximate surface area is 203 Å². The molecule has 1 saturated heterocycles. The van der Waals surface area contributed by atoms with Crippen LogP contribution >= 0.6 is 12.2 Å². The van der Waals surface area contributed by atoms with Gasteiger partial charge in [0.25, 0.3) is 0 Å². The molecule has 1 aliphatic rings. The van der Waals surface area contributed by atoms with Crippen molar-refractivity contribution in [3.05, 3.63) is 108 Å². The first-order valence-electron chi connectivity index (χ1n) is 10.9. The van der Waals surface area contributed by atoms with E-state index >= 15 is 0 Å². The Bertz CT molecular complexity index is 1350. The Hall–Kier alpha value is -3.97. The first kappa shape index (κ1) is 21.9. The zero-order valence-electron chi connectivity index (χ0n) is 18.8. The number of hydrogen-bond acceptors (Lipinski definition) is 5. The van der Waals surface area contributed by atoms with Crippen LogP contribution < -0.4 is 10.2 Å². The summed E-state index contributed by atoms with van der Waals surface area (Å²) >= 11 is 5.77. The van der Waals surface area contributed by atoms with Crippen molar-refractivity contribution in [3.8, 4) is 11.3 Å². The van der Waals surface area contributed by atoms with Crippen molar-refractivity contribution in [3.63, 3.8) is 0 Å². The largest absolute Gasteiger partial charge is 0.465 e. The van der Waals surface area contributed by atoms with Crippen LogP contribution in [0.3, 0.4) is 0 Å². The molecule has 0 radical (unpaired) electrons. The lowest BCUT2D eigenvalue weighted by molar-refractivity contribution is 0.0601. The van der Waals surface area contributed by atoms with Crippen molar-refractivity contribution in [1.82, 2.24) is 10.3 Å². The highest BCUT2D eigenvalue weighted by Crippen LogP contribution is 2.43. The van der Waals surface area contributed by atoms with E-state index in [4.69, 9.17) is 21.4 Å². The number of benzene rings is 2. The number of esters is 1. The number of ether oxygens (including phenoxy) is 1. The van der Waals surface area contributed by atoms with Crippen molar-refractivity contribution in [2.45, 2.75) is 19.0 Å². The number of hydrogen-bond donors (Lipinski definition) is 1. The molecular formula is C27H23N3O3S. The summed E-state index contributed by atoms with van der Waals surface area (Å²) in [5, 5.41) is 4.05. The Balaban J connectivity index is 1.58. The molecule has 2 atom stereocenters. The molecule has 34 heavy (non-hydrogen) atoms. The van der Waals surface area contributed by atoms with Gasteiger partial charge in [-0.15, -0.1) is 0 Å². The van der Waals surface area contributed by atoms with Crippen LogP contribution in [0.1, 0.15) is 39.5 Å². The highest BCUT2D eigenvalue weighted by Gasteiger charge is 2.42. The third-order valence-electron chi connectivity index (χ3n) is 5.86. The van der Waals surface area contributed by atoms with E-state index in [-0.39, 0.29) is 18.1 Å². The standard InChI is InChI=1S/C27H23N3O3S/c1-17-7-5-10-20(15-17)30-25(24(29-27(30)34)21-11-3-4-14-28-21)23-13-12-22(33-23)18-8-6-9-19(16-18)26(31)32-2/h3-16,24-25H,1-2H3,(H,29,34)/t24-,25+/m1/s1. The van der Waals surface area contributed by atoms with Crippen LogP contribution in [0.2, 0.25) is 0 Å². The molecular weight excluding hydrogens is 446 g/mol. The van der Waals surface area contributed by atoms with Crippen LogP contribution in [0.4, 0.5) is 5.69 Å². The van der Waals surface area contributed by atoms with Crippen LogP contribution in [-0.2, 0) is 4.74 Å². The average Bonchev–Trinajstić information content (AvgIpc) is 3.49. The lowest BCUT2D eigenvalue weighted by Crippen LogP contribution is -2.29. The van der Waals surface area contributed by atoms with E-state index < -0.39 is 0 Å². The molecule has 6 nitrogen and oxygen atoms in total. The zero-order valence-corrected chi connectivity index (χ0v) is 19.6. The Morgan fingerprint density at radius 3 is 2.68 bits per heavy atom. The smallest absolute Gasteiger partial charge is 0.337 e. The summed E-state index contributed by atoms with van der Waals surface area (Å²) < 4.78 is 11.2. The second kappa shape index (κ2) is 9.11. The third-order valence-corrected chi connectivity index (χ3v) is 6.18.